The normalized spacial score (nSPS) is 23.5. The van der Waals surface area contributed by atoms with Crippen LogP contribution in [0.3, 0.4) is 0 Å². The molecule has 1 amide bonds. The Bertz CT molecular complexity index is 520. The summed E-state index contributed by atoms with van der Waals surface area (Å²) >= 11 is 1.27. The van der Waals surface area contributed by atoms with Crippen LogP contribution in [0.2, 0.25) is 0 Å². The van der Waals surface area contributed by atoms with Crippen molar-refractivity contribution in [3.05, 3.63) is 16.1 Å². The lowest BCUT2D eigenvalue weighted by Crippen LogP contribution is -2.26. The van der Waals surface area contributed by atoms with Crippen molar-refractivity contribution >= 4 is 23.2 Å². The summed E-state index contributed by atoms with van der Waals surface area (Å²) in [6.45, 7) is 0.337. The van der Waals surface area contributed by atoms with Gasteiger partial charge in [0.15, 0.2) is 5.69 Å². The Balaban J connectivity index is 1.52. The maximum Gasteiger partial charge on any atom is 0.355 e. The SMILES string of the molecule is O=C(O)c1csc(CNC(=O)C2CC23CCCC3)n1. The maximum atomic E-state index is 12.0. The third-order valence-corrected chi connectivity index (χ3v) is 5.14. The van der Waals surface area contributed by atoms with Gasteiger partial charge in [-0.25, -0.2) is 9.78 Å². The van der Waals surface area contributed by atoms with Crippen molar-refractivity contribution in [1.29, 1.82) is 0 Å². The molecule has 1 aromatic heterocycles. The predicted octanol–water partition coefficient (Wildman–Crippen LogP) is 2.04. The van der Waals surface area contributed by atoms with Crippen LogP contribution < -0.4 is 5.32 Å². The van der Waals surface area contributed by atoms with E-state index in [0.717, 1.165) is 6.42 Å². The van der Waals surface area contributed by atoms with E-state index in [0.29, 0.717) is 17.0 Å². The van der Waals surface area contributed by atoms with Crippen LogP contribution in [-0.4, -0.2) is 22.0 Å². The molecule has 0 bridgehead atoms. The number of nitrogens with zero attached hydrogens (tertiary/aromatic N) is 1. The summed E-state index contributed by atoms with van der Waals surface area (Å²) in [5.41, 5.74) is 0.354. The fourth-order valence-corrected chi connectivity index (χ4v) is 3.83. The molecule has 2 aliphatic carbocycles. The summed E-state index contributed by atoms with van der Waals surface area (Å²) in [4.78, 5) is 26.7. The standard InChI is InChI=1S/C13H16N2O3S/c16-11(8-5-13(8)3-1-2-4-13)14-6-10-15-9(7-19-10)12(17)18/h7-8H,1-6H2,(H,14,16)(H,17,18). The lowest BCUT2D eigenvalue weighted by atomic mass is 10.0. The molecule has 1 unspecified atom stereocenters. The minimum atomic E-state index is -1.03. The van der Waals surface area contributed by atoms with E-state index < -0.39 is 5.97 Å². The molecule has 3 rings (SSSR count). The molecular weight excluding hydrogens is 264 g/mol. The van der Waals surface area contributed by atoms with Crippen molar-refractivity contribution in [3.63, 3.8) is 0 Å². The van der Waals surface area contributed by atoms with E-state index >= 15 is 0 Å². The molecule has 0 saturated heterocycles. The minimum absolute atomic E-state index is 0.0490. The summed E-state index contributed by atoms with van der Waals surface area (Å²) in [5, 5.41) is 13.8. The summed E-state index contributed by atoms with van der Waals surface area (Å²) in [6.07, 6.45) is 5.89. The number of carboxylic acid groups (broad SMARTS) is 1. The number of nitrogens with one attached hydrogen (secondary N) is 1. The van der Waals surface area contributed by atoms with E-state index in [-0.39, 0.29) is 17.5 Å². The molecule has 0 radical (unpaired) electrons. The number of carbonyl (C=O) groups is 2. The van der Waals surface area contributed by atoms with E-state index in [9.17, 15) is 9.59 Å². The molecule has 0 aliphatic heterocycles. The van der Waals surface area contributed by atoms with Crippen LogP contribution in [0.5, 0.6) is 0 Å². The van der Waals surface area contributed by atoms with E-state index in [2.05, 4.69) is 10.3 Å². The van der Waals surface area contributed by atoms with Crippen molar-refractivity contribution in [2.75, 3.05) is 0 Å². The monoisotopic (exact) mass is 280 g/mol. The number of thiazole rings is 1. The van der Waals surface area contributed by atoms with Gasteiger partial charge in [-0.3, -0.25) is 4.79 Å². The molecule has 5 nitrogen and oxygen atoms in total. The van der Waals surface area contributed by atoms with Gasteiger partial charge in [0.2, 0.25) is 5.91 Å². The van der Waals surface area contributed by atoms with E-state index in [1.54, 1.807) is 0 Å². The highest BCUT2D eigenvalue weighted by atomic mass is 32.1. The van der Waals surface area contributed by atoms with Gasteiger partial charge in [0.25, 0.3) is 0 Å². The van der Waals surface area contributed by atoms with Crippen LogP contribution in [-0.2, 0) is 11.3 Å². The number of carbonyl (C=O) groups excluding carboxylic acids is 1. The Morgan fingerprint density at radius 3 is 2.84 bits per heavy atom. The van der Waals surface area contributed by atoms with Crippen molar-refractivity contribution < 1.29 is 14.7 Å². The highest BCUT2D eigenvalue weighted by Crippen LogP contribution is 2.62. The Morgan fingerprint density at radius 2 is 2.21 bits per heavy atom. The molecule has 1 heterocycles. The van der Waals surface area contributed by atoms with Gasteiger partial charge in [-0.1, -0.05) is 12.8 Å². The summed E-state index contributed by atoms with van der Waals surface area (Å²) in [5.74, 6) is -0.746. The van der Waals surface area contributed by atoms with Crippen LogP contribution in [0.1, 0.15) is 47.6 Å². The molecule has 19 heavy (non-hydrogen) atoms. The average Bonchev–Trinajstić information content (AvgIpc) is 2.78. The molecule has 2 fully saturated rings. The first kappa shape index (κ1) is 12.6. The highest BCUT2D eigenvalue weighted by molar-refractivity contribution is 7.09. The van der Waals surface area contributed by atoms with Gasteiger partial charge >= 0.3 is 5.97 Å². The van der Waals surface area contributed by atoms with Crippen molar-refractivity contribution in [2.45, 2.75) is 38.6 Å². The zero-order valence-electron chi connectivity index (χ0n) is 10.5. The van der Waals surface area contributed by atoms with Crippen LogP contribution >= 0.6 is 11.3 Å². The summed E-state index contributed by atoms with van der Waals surface area (Å²) in [7, 11) is 0. The van der Waals surface area contributed by atoms with Crippen molar-refractivity contribution in [1.82, 2.24) is 10.3 Å². The molecule has 2 aliphatic rings. The van der Waals surface area contributed by atoms with E-state index in [1.165, 1.54) is 42.4 Å². The third kappa shape index (κ3) is 2.36. The topological polar surface area (TPSA) is 79.3 Å². The van der Waals surface area contributed by atoms with Crippen molar-refractivity contribution in [2.24, 2.45) is 11.3 Å². The second kappa shape index (κ2) is 4.59. The molecular formula is C13H16N2O3S. The largest absolute Gasteiger partial charge is 0.476 e. The van der Waals surface area contributed by atoms with Crippen LogP contribution in [0.4, 0.5) is 0 Å². The zero-order valence-corrected chi connectivity index (χ0v) is 11.3. The first-order valence-corrected chi connectivity index (χ1v) is 7.44. The van der Waals surface area contributed by atoms with Crippen molar-refractivity contribution in [3.8, 4) is 0 Å². The third-order valence-electron chi connectivity index (χ3n) is 4.29. The fourth-order valence-electron chi connectivity index (χ4n) is 3.13. The quantitative estimate of drug-likeness (QED) is 0.884. The van der Waals surface area contributed by atoms with E-state index in [1.807, 2.05) is 0 Å². The molecule has 1 atom stereocenters. The van der Waals surface area contributed by atoms with Crippen LogP contribution in [0.15, 0.2) is 5.38 Å². The highest BCUT2D eigenvalue weighted by Gasteiger charge is 2.58. The molecule has 102 valence electrons. The summed E-state index contributed by atoms with van der Waals surface area (Å²) < 4.78 is 0. The van der Waals surface area contributed by atoms with Gasteiger partial charge in [-0.2, -0.15) is 0 Å². The van der Waals surface area contributed by atoms with Gasteiger partial charge in [-0.15, -0.1) is 11.3 Å². The average molecular weight is 280 g/mol. The maximum absolute atomic E-state index is 12.0. The number of aromatic nitrogens is 1. The molecule has 1 spiro atoms. The lowest BCUT2D eigenvalue weighted by Gasteiger charge is -2.07. The predicted molar refractivity (Wildman–Crippen MR) is 69.9 cm³/mol. The van der Waals surface area contributed by atoms with Gasteiger partial charge < -0.3 is 10.4 Å². The molecule has 1 aromatic rings. The zero-order chi connectivity index (χ0) is 13.5. The Kier molecular flexibility index (Phi) is 3.05. The number of amides is 1. The molecule has 2 saturated carbocycles. The Hall–Kier alpha value is -1.43. The van der Waals surface area contributed by atoms with Gasteiger partial charge in [0.05, 0.1) is 6.54 Å². The number of hydrogen-bond donors (Lipinski definition) is 2. The molecule has 6 heteroatoms. The Morgan fingerprint density at radius 1 is 1.47 bits per heavy atom. The number of hydrogen-bond acceptors (Lipinski definition) is 4. The van der Waals surface area contributed by atoms with Gasteiger partial charge in [0.1, 0.15) is 5.01 Å². The molecule has 0 aromatic carbocycles. The minimum Gasteiger partial charge on any atom is -0.476 e. The summed E-state index contributed by atoms with van der Waals surface area (Å²) in [6, 6.07) is 0. The Labute approximate surface area is 115 Å². The van der Waals surface area contributed by atoms with Crippen LogP contribution in [0, 0.1) is 11.3 Å². The second-order valence-electron chi connectivity index (χ2n) is 5.48. The number of aromatic carboxylic acids is 1. The second-order valence-corrected chi connectivity index (χ2v) is 6.42. The smallest absolute Gasteiger partial charge is 0.355 e. The van der Waals surface area contributed by atoms with E-state index in [4.69, 9.17) is 5.11 Å². The van der Waals surface area contributed by atoms with Gasteiger partial charge in [-0.05, 0) is 24.7 Å². The first-order valence-electron chi connectivity index (χ1n) is 6.56. The molecule has 2 N–H and O–H groups in total. The number of rotatable bonds is 4. The first-order chi connectivity index (χ1) is 9.11. The van der Waals surface area contributed by atoms with Gasteiger partial charge in [0, 0.05) is 11.3 Å². The number of carboxylic acids is 1. The van der Waals surface area contributed by atoms with Crippen LogP contribution in [0.25, 0.3) is 0 Å². The lowest BCUT2D eigenvalue weighted by molar-refractivity contribution is -0.123. The fraction of sp³-hybridized carbons (Fsp3) is 0.615.